The molecule has 162 valence electrons. The first kappa shape index (κ1) is 19.7. The molecule has 0 bridgehead atoms. The van der Waals surface area contributed by atoms with E-state index in [0.717, 1.165) is 29.1 Å². The molecule has 4 heterocycles. The lowest BCUT2D eigenvalue weighted by Gasteiger charge is -2.22. The number of H-pyrrole nitrogens is 1. The van der Waals surface area contributed by atoms with Gasteiger partial charge < -0.3 is 19.9 Å². The van der Waals surface area contributed by atoms with Crippen LogP contribution in [-0.2, 0) is 4.74 Å². The molecule has 2 aliphatic rings. The number of fused-ring (bicyclic) bond motifs is 2. The number of nitrogens with one attached hydrogen (secondary N) is 2. The van der Waals surface area contributed by atoms with Gasteiger partial charge in [-0.15, -0.1) is 0 Å². The van der Waals surface area contributed by atoms with Gasteiger partial charge in [0.1, 0.15) is 22.8 Å². The average molecular weight is 423 g/mol. The number of amides is 1. The van der Waals surface area contributed by atoms with Crippen LogP contribution in [0.25, 0.3) is 11.4 Å². The summed E-state index contributed by atoms with van der Waals surface area (Å²) in [5.74, 6) is 0.828. The number of anilines is 1. The fourth-order valence-corrected chi connectivity index (χ4v) is 4.57. The molecule has 5 rings (SSSR count). The second kappa shape index (κ2) is 7.44. The number of pyridine rings is 1. The van der Waals surface area contributed by atoms with Crippen LogP contribution in [-0.4, -0.2) is 52.7 Å². The van der Waals surface area contributed by atoms with Gasteiger partial charge in [0, 0.05) is 37.8 Å². The van der Waals surface area contributed by atoms with Crippen molar-refractivity contribution < 1.29 is 13.9 Å². The number of carbonyl (C=O) groups excluding carboxylic acids is 1. The lowest BCUT2D eigenvalue weighted by atomic mass is 9.90. The largest absolute Gasteiger partial charge is 0.495 e. The van der Waals surface area contributed by atoms with Crippen molar-refractivity contribution in [2.45, 2.75) is 31.4 Å². The first-order chi connectivity index (χ1) is 14.9. The third kappa shape index (κ3) is 3.56. The zero-order valence-corrected chi connectivity index (χ0v) is 17.7. The van der Waals surface area contributed by atoms with E-state index in [4.69, 9.17) is 4.74 Å². The minimum absolute atomic E-state index is 0.172. The highest BCUT2D eigenvalue weighted by Gasteiger charge is 2.34. The minimum Gasteiger partial charge on any atom is -0.495 e. The maximum atomic E-state index is 14.3. The fraction of sp³-hybridized carbons (Fsp3) is 0.391. The molecule has 0 saturated carbocycles. The third-order valence-corrected chi connectivity index (χ3v) is 6.29. The number of rotatable bonds is 5. The number of aromatic amines is 1. The number of aromatic nitrogens is 3. The second-order valence-electron chi connectivity index (χ2n) is 8.57. The molecule has 3 aromatic heterocycles. The van der Waals surface area contributed by atoms with Crippen molar-refractivity contribution in [3.8, 4) is 0 Å². The van der Waals surface area contributed by atoms with E-state index in [1.165, 1.54) is 0 Å². The monoisotopic (exact) mass is 423 g/mol. The number of hydrogen-bond donors (Lipinski definition) is 2. The Balaban J connectivity index is 1.33. The Morgan fingerprint density at radius 1 is 1.42 bits per heavy atom. The number of ether oxygens (including phenoxy) is 1. The van der Waals surface area contributed by atoms with Crippen molar-refractivity contribution in [1.29, 1.82) is 0 Å². The number of nitrogens with zero attached hydrogens (tertiary/aromatic N) is 3. The van der Waals surface area contributed by atoms with Crippen molar-refractivity contribution in [3.05, 3.63) is 59.8 Å². The van der Waals surface area contributed by atoms with Crippen LogP contribution in [0.15, 0.2) is 42.9 Å². The van der Waals surface area contributed by atoms with Gasteiger partial charge in [-0.05, 0) is 43.2 Å². The fourth-order valence-electron chi connectivity index (χ4n) is 4.57. The summed E-state index contributed by atoms with van der Waals surface area (Å²) in [7, 11) is 1.66. The molecule has 31 heavy (non-hydrogen) atoms. The number of halogens is 1. The number of allylic oxidation sites excluding steroid dienone is 1. The highest BCUT2D eigenvalue weighted by Crippen LogP contribution is 2.33. The maximum Gasteiger partial charge on any atom is 0.269 e. The predicted octanol–water partition coefficient (Wildman–Crippen LogP) is 3.51. The number of methoxy groups -OCH3 is 1. The molecule has 2 N–H and O–H groups in total. The topological polar surface area (TPSA) is 74.7 Å². The first-order valence-corrected chi connectivity index (χ1v) is 10.6. The molecule has 8 heteroatoms. The molecule has 2 atom stereocenters. The van der Waals surface area contributed by atoms with Gasteiger partial charge in [-0.2, -0.15) is 0 Å². The summed E-state index contributed by atoms with van der Waals surface area (Å²) in [6.45, 7) is 3.16. The second-order valence-corrected chi connectivity index (χ2v) is 8.57. The molecule has 1 amide bonds. The Bertz CT molecular complexity index is 1160. The lowest BCUT2D eigenvalue weighted by molar-refractivity contribution is 0.0945. The Kier molecular flexibility index (Phi) is 4.72. The van der Waals surface area contributed by atoms with Crippen LogP contribution in [0.3, 0.4) is 0 Å². The molecule has 1 fully saturated rings. The van der Waals surface area contributed by atoms with Crippen LogP contribution in [0.1, 0.15) is 47.4 Å². The number of hydrogen-bond acceptors (Lipinski definition) is 4. The molecule has 3 aromatic rings. The van der Waals surface area contributed by atoms with E-state index in [1.54, 1.807) is 24.6 Å². The van der Waals surface area contributed by atoms with Crippen LogP contribution in [0.2, 0.25) is 0 Å². The van der Waals surface area contributed by atoms with Crippen molar-refractivity contribution in [1.82, 2.24) is 19.7 Å². The third-order valence-electron chi connectivity index (χ3n) is 6.29. The van der Waals surface area contributed by atoms with E-state index < -0.39 is 5.67 Å². The number of alkyl halides is 1. The zero-order valence-electron chi connectivity index (χ0n) is 17.7. The Morgan fingerprint density at radius 3 is 3.06 bits per heavy atom. The van der Waals surface area contributed by atoms with E-state index in [1.807, 2.05) is 41.6 Å². The van der Waals surface area contributed by atoms with Crippen molar-refractivity contribution in [3.63, 3.8) is 0 Å². The molecule has 1 aliphatic heterocycles. The highest BCUT2D eigenvalue weighted by molar-refractivity contribution is 5.93. The Labute approximate surface area is 179 Å². The van der Waals surface area contributed by atoms with Gasteiger partial charge >= 0.3 is 0 Å². The summed E-state index contributed by atoms with van der Waals surface area (Å²) in [6, 6.07) is 5.83. The molecule has 0 spiro atoms. The predicted molar refractivity (Wildman–Crippen MR) is 117 cm³/mol. The molecular weight excluding hydrogens is 397 g/mol. The summed E-state index contributed by atoms with van der Waals surface area (Å²) >= 11 is 0. The molecule has 1 aliphatic carbocycles. The number of carbonyl (C=O) groups is 1. The minimum atomic E-state index is -1.18. The van der Waals surface area contributed by atoms with E-state index >= 15 is 0 Å². The van der Waals surface area contributed by atoms with Crippen LogP contribution in [0.4, 0.5) is 10.1 Å². The lowest BCUT2D eigenvalue weighted by Crippen LogP contribution is -2.30. The van der Waals surface area contributed by atoms with Crippen LogP contribution < -0.4 is 10.2 Å². The first-order valence-electron chi connectivity index (χ1n) is 10.6. The van der Waals surface area contributed by atoms with Crippen LogP contribution in [0, 0.1) is 0 Å². The van der Waals surface area contributed by atoms with Gasteiger partial charge in [-0.25, -0.2) is 9.37 Å². The van der Waals surface area contributed by atoms with Gasteiger partial charge in [0.15, 0.2) is 0 Å². The molecule has 2 unspecified atom stereocenters. The van der Waals surface area contributed by atoms with Crippen molar-refractivity contribution >= 4 is 23.0 Å². The molecule has 0 radical (unpaired) electrons. The maximum absolute atomic E-state index is 14.3. The smallest absolute Gasteiger partial charge is 0.269 e. The average Bonchev–Trinajstić information content (AvgIpc) is 3.49. The normalized spacial score (nSPS) is 23.0. The van der Waals surface area contributed by atoms with Gasteiger partial charge in [-0.1, -0.05) is 0 Å². The van der Waals surface area contributed by atoms with Gasteiger partial charge in [0.2, 0.25) is 0 Å². The molecule has 0 aromatic carbocycles. The van der Waals surface area contributed by atoms with Crippen LogP contribution in [0.5, 0.6) is 0 Å². The van der Waals surface area contributed by atoms with E-state index in [-0.39, 0.29) is 11.8 Å². The molecular formula is C23H26FN5O2. The summed E-state index contributed by atoms with van der Waals surface area (Å²) in [6.07, 6.45) is 8.70. The number of imidazole rings is 1. The Hall–Kier alpha value is -3.29. The van der Waals surface area contributed by atoms with Crippen molar-refractivity contribution in [2.75, 3.05) is 31.6 Å². The highest BCUT2D eigenvalue weighted by atomic mass is 19.1. The molecule has 1 saturated heterocycles. The van der Waals surface area contributed by atoms with E-state index in [0.29, 0.717) is 37.4 Å². The quantitative estimate of drug-likeness (QED) is 0.659. The van der Waals surface area contributed by atoms with Gasteiger partial charge in [0.05, 0.1) is 31.2 Å². The summed E-state index contributed by atoms with van der Waals surface area (Å²) in [5.41, 5.74) is 2.98. The summed E-state index contributed by atoms with van der Waals surface area (Å²) in [5, 5.41) is 3.06. The SMILES string of the molecule is COC1=CCC(CNC(=O)c2cnc3ccc(N4CCC(C)(F)C4)cn23)c2cc[nH]c21. The van der Waals surface area contributed by atoms with E-state index in [9.17, 15) is 9.18 Å². The molecule has 7 nitrogen and oxygen atoms in total. The Morgan fingerprint density at radius 2 is 2.29 bits per heavy atom. The zero-order chi connectivity index (χ0) is 21.6. The van der Waals surface area contributed by atoms with Gasteiger partial charge in [0.25, 0.3) is 5.91 Å². The summed E-state index contributed by atoms with van der Waals surface area (Å²) in [4.78, 5) is 22.6. The summed E-state index contributed by atoms with van der Waals surface area (Å²) < 4.78 is 21.5. The van der Waals surface area contributed by atoms with Gasteiger partial charge in [-0.3, -0.25) is 9.20 Å². The standard InChI is InChI=1S/C23H26FN5O2/c1-23(24)8-10-28(14-23)16-4-6-20-26-12-18(29(20)13-16)22(30)27-11-15-3-5-19(31-2)21-17(15)7-9-25-21/h4-7,9,12-13,15,25H,3,8,10-11,14H2,1-2H3,(H,27,30). The van der Waals surface area contributed by atoms with Crippen LogP contribution >= 0.6 is 0 Å². The van der Waals surface area contributed by atoms with Crippen molar-refractivity contribution in [2.24, 2.45) is 0 Å². The van der Waals surface area contributed by atoms with E-state index in [2.05, 4.69) is 15.3 Å².